The molecule has 0 spiro atoms. The van der Waals surface area contributed by atoms with Crippen LogP contribution in [-0.2, 0) is 13.0 Å². The zero-order chi connectivity index (χ0) is 15.5. The van der Waals surface area contributed by atoms with Crippen molar-refractivity contribution < 1.29 is 4.52 Å². The van der Waals surface area contributed by atoms with Gasteiger partial charge in [-0.3, -0.25) is 0 Å². The van der Waals surface area contributed by atoms with Gasteiger partial charge in [-0.1, -0.05) is 11.2 Å². The van der Waals surface area contributed by atoms with E-state index in [0.717, 1.165) is 43.2 Å². The molecule has 1 N–H and O–H groups in total. The molecule has 0 atom stereocenters. The Morgan fingerprint density at radius 3 is 2.77 bits per heavy atom. The Hall–Kier alpha value is -1.39. The maximum atomic E-state index is 5.71. The molecule has 0 amide bonds. The Morgan fingerprint density at radius 1 is 1.27 bits per heavy atom. The van der Waals surface area contributed by atoms with E-state index in [1.165, 1.54) is 35.8 Å². The Bertz CT molecular complexity index is 627. The van der Waals surface area contributed by atoms with Gasteiger partial charge in [-0.15, -0.1) is 0 Å². The van der Waals surface area contributed by atoms with Crippen LogP contribution in [0.25, 0.3) is 11.0 Å². The lowest BCUT2D eigenvalue weighted by Crippen LogP contribution is -2.27. The molecule has 1 fully saturated rings. The van der Waals surface area contributed by atoms with E-state index in [1.54, 1.807) is 0 Å². The zero-order valence-corrected chi connectivity index (χ0v) is 14.0. The van der Waals surface area contributed by atoms with Crippen molar-refractivity contribution in [3.05, 3.63) is 29.0 Å². The average molecular weight is 301 g/mol. The Kier molecular flexibility index (Phi) is 4.79. The molecular formula is C18H27N3O. The van der Waals surface area contributed by atoms with Crippen molar-refractivity contribution in [1.82, 2.24) is 15.4 Å². The standard InChI is InChI=1S/C18H27N3O/c1-13-4-6-15-17(7-5-14-8-10-19-11-9-14)20-22-18(15)16(13)12-21(2)3/h4,6,14,19H,5,7-12H2,1-3H3. The smallest absolute Gasteiger partial charge is 0.171 e. The highest BCUT2D eigenvalue weighted by Gasteiger charge is 2.17. The quantitative estimate of drug-likeness (QED) is 0.921. The summed E-state index contributed by atoms with van der Waals surface area (Å²) in [5.41, 5.74) is 4.66. The first-order valence-corrected chi connectivity index (χ1v) is 8.37. The fourth-order valence-corrected chi connectivity index (χ4v) is 3.41. The predicted octanol–water partition coefficient (Wildman–Crippen LogP) is 3.13. The van der Waals surface area contributed by atoms with Crippen molar-refractivity contribution in [2.24, 2.45) is 5.92 Å². The molecule has 2 heterocycles. The van der Waals surface area contributed by atoms with Gasteiger partial charge in [0.05, 0.1) is 5.69 Å². The third-order valence-corrected chi connectivity index (χ3v) is 4.78. The predicted molar refractivity (Wildman–Crippen MR) is 90.1 cm³/mol. The number of nitrogens with zero attached hydrogens (tertiary/aromatic N) is 2. The molecule has 3 rings (SSSR count). The molecule has 0 unspecified atom stereocenters. The summed E-state index contributed by atoms with van der Waals surface area (Å²) in [6.07, 6.45) is 4.84. The van der Waals surface area contributed by atoms with Gasteiger partial charge in [-0.05, 0) is 77.3 Å². The highest BCUT2D eigenvalue weighted by atomic mass is 16.5. The third kappa shape index (κ3) is 3.33. The molecule has 4 nitrogen and oxygen atoms in total. The maximum absolute atomic E-state index is 5.71. The Labute approximate surface area is 132 Å². The molecule has 1 saturated heterocycles. The number of nitrogens with one attached hydrogen (secondary N) is 1. The van der Waals surface area contributed by atoms with Gasteiger partial charge >= 0.3 is 0 Å². The van der Waals surface area contributed by atoms with Crippen LogP contribution in [-0.4, -0.2) is 37.2 Å². The van der Waals surface area contributed by atoms with Gasteiger partial charge in [-0.2, -0.15) is 0 Å². The van der Waals surface area contributed by atoms with Crippen LogP contribution in [0.2, 0.25) is 0 Å². The second-order valence-corrected chi connectivity index (χ2v) is 6.84. The lowest BCUT2D eigenvalue weighted by Gasteiger charge is -2.21. The topological polar surface area (TPSA) is 41.3 Å². The minimum Gasteiger partial charge on any atom is -0.356 e. The van der Waals surface area contributed by atoms with E-state index in [9.17, 15) is 0 Å². The minimum atomic E-state index is 0.833. The minimum absolute atomic E-state index is 0.833. The zero-order valence-electron chi connectivity index (χ0n) is 14.0. The second kappa shape index (κ2) is 6.80. The largest absolute Gasteiger partial charge is 0.356 e. The number of piperidine rings is 1. The van der Waals surface area contributed by atoms with Crippen LogP contribution in [0.4, 0.5) is 0 Å². The molecule has 4 heteroatoms. The molecule has 0 saturated carbocycles. The molecule has 22 heavy (non-hydrogen) atoms. The van der Waals surface area contributed by atoms with Gasteiger partial charge in [0.2, 0.25) is 0 Å². The van der Waals surface area contributed by atoms with Crippen molar-refractivity contribution in [2.45, 2.75) is 39.2 Å². The Morgan fingerprint density at radius 2 is 2.05 bits per heavy atom. The molecule has 0 radical (unpaired) electrons. The van der Waals surface area contributed by atoms with Crippen LogP contribution in [0.1, 0.15) is 36.1 Å². The second-order valence-electron chi connectivity index (χ2n) is 6.84. The van der Waals surface area contributed by atoms with Crippen molar-refractivity contribution in [3.8, 4) is 0 Å². The van der Waals surface area contributed by atoms with Crippen LogP contribution < -0.4 is 5.32 Å². The summed E-state index contributed by atoms with van der Waals surface area (Å²) in [6.45, 7) is 5.37. The summed E-state index contributed by atoms with van der Waals surface area (Å²) in [6, 6.07) is 4.38. The van der Waals surface area contributed by atoms with Crippen LogP contribution >= 0.6 is 0 Å². The lowest BCUT2D eigenvalue weighted by molar-refractivity contribution is 0.350. The number of aryl methyl sites for hydroxylation is 2. The fraction of sp³-hybridized carbons (Fsp3) is 0.611. The summed E-state index contributed by atoms with van der Waals surface area (Å²) >= 11 is 0. The first kappa shape index (κ1) is 15.5. The van der Waals surface area contributed by atoms with Gasteiger partial charge in [0.15, 0.2) is 5.58 Å². The first-order valence-electron chi connectivity index (χ1n) is 8.37. The highest BCUT2D eigenvalue weighted by molar-refractivity contribution is 5.83. The van der Waals surface area contributed by atoms with Gasteiger partial charge in [0, 0.05) is 17.5 Å². The van der Waals surface area contributed by atoms with Crippen molar-refractivity contribution in [3.63, 3.8) is 0 Å². The normalized spacial score (nSPS) is 16.7. The summed E-state index contributed by atoms with van der Waals surface area (Å²) in [4.78, 5) is 2.18. The van der Waals surface area contributed by atoms with Gasteiger partial charge < -0.3 is 14.7 Å². The van der Waals surface area contributed by atoms with Crippen LogP contribution in [0.3, 0.4) is 0 Å². The van der Waals surface area contributed by atoms with Crippen molar-refractivity contribution >= 4 is 11.0 Å². The number of aromatic nitrogens is 1. The maximum Gasteiger partial charge on any atom is 0.171 e. The number of benzene rings is 1. The van der Waals surface area contributed by atoms with E-state index in [0.29, 0.717) is 0 Å². The van der Waals surface area contributed by atoms with Crippen molar-refractivity contribution in [1.29, 1.82) is 0 Å². The highest BCUT2D eigenvalue weighted by Crippen LogP contribution is 2.28. The number of hydrogen-bond donors (Lipinski definition) is 1. The van der Waals surface area contributed by atoms with Gasteiger partial charge in [0.25, 0.3) is 0 Å². The molecule has 120 valence electrons. The number of hydrogen-bond acceptors (Lipinski definition) is 4. The SMILES string of the molecule is Cc1ccc2c(CCC3CCNCC3)noc2c1CN(C)C. The lowest BCUT2D eigenvalue weighted by atomic mass is 9.92. The van der Waals surface area contributed by atoms with Crippen LogP contribution in [0.5, 0.6) is 0 Å². The van der Waals surface area contributed by atoms with E-state index in [2.05, 4.69) is 48.5 Å². The van der Waals surface area contributed by atoms with Gasteiger partial charge in [-0.25, -0.2) is 0 Å². The molecule has 1 aromatic carbocycles. The summed E-state index contributed by atoms with van der Waals surface area (Å²) in [5, 5.41) is 9.02. The number of fused-ring (bicyclic) bond motifs is 1. The summed E-state index contributed by atoms with van der Waals surface area (Å²) in [5.74, 6) is 0.833. The van der Waals surface area contributed by atoms with E-state index >= 15 is 0 Å². The molecule has 0 aliphatic carbocycles. The number of rotatable bonds is 5. The molecular weight excluding hydrogens is 274 g/mol. The van der Waals surface area contributed by atoms with E-state index in [4.69, 9.17) is 4.52 Å². The third-order valence-electron chi connectivity index (χ3n) is 4.78. The summed E-state index contributed by atoms with van der Waals surface area (Å²) < 4.78 is 5.71. The monoisotopic (exact) mass is 301 g/mol. The van der Waals surface area contributed by atoms with Gasteiger partial charge in [0.1, 0.15) is 0 Å². The summed E-state index contributed by atoms with van der Waals surface area (Å²) in [7, 11) is 4.18. The van der Waals surface area contributed by atoms with Crippen LogP contribution in [0, 0.1) is 12.8 Å². The average Bonchev–Trinajstić information content (AvgIpc) is 2.92. The Balaban J connectivity index is 1.79. The first-order chi connectivity index (χ1) is 10.6. The van der Waals surface area contributed by atoms with Crippen LogP contribution in [0.15, 0.2) is 16.7 Å². The fourth-order valence-electron chi connectivity index (χ4n) is 3.41. The molecule has 0 bridgehead atoms. The van der Waals surface area contributed by atoms with E-state index < -0.39 is 0 Å². The van der Waals surface area contributed by atoms with Crippen molar-refractivity contribution in [2.75, 3.05) is 27.2 Å². The molecule has 1 aliphatic heterocycles. The molecule has 1 aromatic heterocycles. The van der Waals surface area contributed by atoms with E-state index in [1.807, 2.05) is 0 Å². The molecule has 2 aromatic rings. The molecule has 1 aliphatic rings. The van der Waals surface area contributed by atoms with E-state index in [-0.39, 0.29) is 0 Å².